The molecule has 3 aromatic heterocycles. The molecule has 1 aromatic carbocycles. The maximum atomic E-state index is 9.53. The lowest BCUT2D eigenvalue weighted by Gasteiger charge is -2.19. The summed E-state index contributed by atoms with van der Waals surface area (Å²) in [6, 6.07) is 7.62. The van der Waals surface area contributed by atoms with E-state index in [1.54, 1.807) is 32.2 Å². The predicted octanol–water partition coefficient (Wildman–Crippen LogP) is 2.50. The number of nitrogens with zero attached hydrogens (tertiary/aromatic N) is 6. The van der Waals surface area contributed by atoms with E-state index in [2.05, 4.69) is 20.3 Å². The molecule has 5 rings (SSSR count). The summed E-state index contributed by atoms with van der Waals surface area (Å²) >= 11 is 0. The van der Waals surface area contributed by atoms with Crippen LogP contribution < -0.4 is 24.4 Å². The zero-order valence-electron chi connectivity index (χ0n) is 19.3. The predicted molar refractivity (Wildman–Crippen MR) is 127 cm³/mol. The number of anilines is 3. The van der Waals surface area contributed by atoms with E-state index in [1.165, 1.54) is 0 Å². The highest BCUT2D eigenvalue weighted by molar-refractivity contribution is 5.71. The molecule has 11 heteroatoms. The molecule has 34 heavy (non-hydrogen) atoms. The number of benzene rings is 1. The van der Waals surface area contributed by atoms with Crippen LogP contribution in [0.4, 0.5) is 17.6 Å². The first-order valence-corrected chi connectivity index (χ1v) is 11.0. The molecule has 11 nitrogen and oxygen atoms in total. The fourth-order valence-electron chi connectivity index (χ4n) is 4.24. The first-order valence-electron chi connectivity index (χ1n) is 11.0. The van der Waals surface area contributed by atoms with Gasteiger partial charge in [-0.15, -0.1) is 5.10 Å². The van der Waals surface area contributed by atoms with E-state index >= 15 is 0 Å². The Labute approximate surface area is 196 Å². The van der Waals surface area contributed by atoms with E-state index < -0.39 is 0 Å². The number of aliphatic hydroxyl groups excluding tert-OH is 1. The van der Waals surface area contributed by atoms with Crippen molar-refractivity contribution in [3.63, 3.8) is 0 Å². The number of hydrogen-bond acceptors (Lipinski definition) is 9. The maximum Gasteiger partial charge on any atom is 0.248 e. The molecule has 4 heterocycles. The molecule has 1 fully saturated rings. The number of hydrogen-bond donors (Lipinski definition) is 2. The van der Waals surface area contributed by atoms with Crippen molar-refractivity contribution in [1.29, 1.82) is 0 Å². The summed E-state index contributed by atoms with van der Waals surface area (Å²) in [5, 5.41) is 17.3. The fourth-order valence-corrected chi connectivity index (χ4v) is 4.24. The van der Waals surface area contributed by atoms with Crippen LogP contribution in [0.15, 0.2) is 43.0 Å². The molecule has 1 aliphatic heterocycles. The fraction of sp³-hybridized carbons (Fsp3) is 0.348. The van der Waals surface area contributed by atoms with Crippen LogP contribution in [0.1, 0.15) is 6.42 Å². The number of aromatic nitrogens is 5. The zero-order chi connectivity index (χ0) is 23.7. The number of aliphatic hydroxyl groups is 1. The lowest BCUT2D eigenvalue weighted by molar-refractivity contribution is 0.238. The van der Waals surface area contributed by atoms with Crippen LogP contribution >= 0.6 is 0 Å². The Morgan fingerprint density at radius 3 is 2.62 bits per heavy atom. The highest BCUT2D eigenvalue weighted by atomic mass is 16.5. The molecular weight excluding hydrogens is 438 g/mol. The average molecular weight is 466 g/mol. The summed E-state index contributed by atoms with van der Waals surface area (Å²) in [6.07, 6.45) is 6.35. The molecule has 1 saturated heterocycles. The van der Waals surface area contributed by atoms with E-state index in [0.717, 1.165) is 36.5 Å². The molecule has 0 aliphatic carbocycles. The molecule has 0 radical (unpaired) electrons. The summed E-state index contributed by atoms with van der Waals surface area (Å²) in [6.45, 7) is 1.80. The first kappa shape index (κ1) is 21.8. The Kier molecular flexibility index (Phi) is 5.84. The minimum Gasteiger partial charge on any atom is -0.493 e. The highest BCUT2D eigenvalue weighted by Gasteiger charge is 2.25. The van der Waals surface area contributed by atoms with Crippen LogP contribution in [0.2, 0.25) is 0 Å². The van der Waals surface area contributed by atoms with Gasteiger partial charge in [0.2, 0.25) is 11.7 Å². The topological polar surface area (TPSA) is 111 Å². The summed E-state index contributed by atoms with van der Waals surface area (Å²) in [5.74, 6) is 3.74. The smallest absolute Gasteiger partial charge is 0.248 e. The van der Waals surface area contributed by atoms with Gasteiger partial charge in [0.1, 0.15) is 11.8 Å². The minimum absolute atomic E-state index is 0.183. The Hall–Kier alpha value is -3.99. The van der Waals surface area contributed by atoms with Gasteiger partial charge >= 0.3 is 0 Å². The lowest BCUT2D eigenvalue weighted by atomic mass is 10.1. The number of imidazole rings is 1. The van der Waals surface area contributed by atoms with Crippen LogP contribution in [0.5, 0.6) is 17.2 Å². The van der Waals surface area contributed by atoms with Crippen molar-refractivity contribution in [2.24, 2.45) is 5.92 Å². The third-order valence-corrected chi connectivity index (χ3v) is 5.99. The minimum atomic E-state index is 0.183. The highest BCUT2D eigenvalue weighted by Crippen LogP contribution is 2.39. The maximum absolute atomic E-state index is 9.53. The average Bonchev–Trinajstić information content (AvgIpc) is 3.63. The Bertz CT molecular complexity index is 1280. The second kappa shape index (κ2) is 9.10. The van der Waals surface area contributed by atoms with E-state index in [9.17, 15) is 5.11 Å². The van der Waals surface area contributed by atoms with Crippen LogP contribution in [0, 0.1) is 5.92 Å². The van der Waals surface area contributed by atoms with Gasteiger partial charge in [-0.05, 0) is 18.6 Å². The normalized spacial score (nSPS) is 15.6. The van der Waals surface area contributed by atoms with Crippen molar-refractivity contribution < 1.29 is 19.3 Å². The quantitative estimate of drug-likeness (QED) is 0.405. The SMILES string of the molecule is COc1cc(-n2cnc(Nc3nc(N4CC[C@H](CO)C4)c4cccn4n3)c2)cc(OC)c1OC. The number of fused-ring (bicyclic) bond motifs is 1. The molecule has 0 bridgehead atoms. The molecule has 1 aliphatic rings. The Balaban J connectivity index is 1.44. The number of ether oxygens (including phenoxy) is 3. The van der Waals surface area contributed by atoms with Crippen molar-refractivity contribution in [3.05, 3.63) is 43.0 Å². The summed E-state index contributed by atoms with van der Waals surface area (Å²) in [4.78, 5) is 11.4. The van der Waals surface area contributed by atoms with Gasteiger partial charge in [-0.2, -0.15) is 4.98 Å². The van der Waals surface area contributed by atoms with Crippen molar-refractivity contribution in [3.8, 4) is 22.9 Å². The van der Waals surface area contributed by atoms with Gasteiger partial charge in [0.05, 0.1) is 33.2 Å². The van der Waals surface area contributed by atoms with Crippen LogP contribution in [-0.2, 0) is 0 Å². The van der Waals surface area contributed by atoms with E-state index in [1.807, 2.05) is 41.2 Å². The van der Waals surface area contributed by atoms with Gasteiger partial charge < -0.3 is 34.1 Å². The van der Waals surface area contributed by atoms with Crippen molar-refractivity contribution >= 4 is 23.1 Å². The molecule has 0 saturated carbocycles. The molecule has 2 N–H and O–H groups in total. The lowest BCUT2D eigenvalue weighted by Crippen LogP contribution is -2.23. The summed E-state index contributed by atoms with van der Waals surface area (Å²) in [5.41, 5.74) is 1.72. The van der Waals surface area contributed by atoms with Crippen LogP contribution in [0.25, 0.3) is 11.2 Å². The molecule has 0 unspecified atom stereocenters. The molecule has 4 aromatic rings. The third kappa shape index (κ3) is 3.94. The number of methoxy groups -OCH3 is 3. The molecule has 0 spiro atoms. The zero-order valence-corrected chi connectivity index (χ0v) is 19.3. The van der Waals surface area contributed by atoms with Gasteiger partial charge in [-0.1, -0.05) is 0 Å². The largest absolute Gasteiger partial charge is 0.493 e. The number of nitrogens with one attached hydrogen (secondary N) is 1. The molecule has 0 amide bonds. The summed E-state index contributed by atoms with van der Waals surface area (Å²) in [7, 11) is 4.73. The third-order valence-electron chi connectivity index (χ3n) is 5.99. The Morgan fingerprint density at radius 2 is 1.94 bits per heavy atom. The second-order valence-electron chi connectivity index (χ2n) is 8.06. The van der Waals surface area contributed by atoms with Crippen molar-refractivity contribution in [1.82, 2.24) is 24.1 Å². The Morgan fingerprint density at radius 1 is 1.15 bits per heavy atom. The van der Waals surface area contributed by atoms with E-state index in [4.69, 9.17) is 19.2 Å². The monoisotopic (exact) mass is 465 g/mol. The second-order valence-corrected chi connectivity index (χ2v) is 8.06. The standard InChI is InChI=1S/C23H27N7O4/c1-32-18-9-16(10-19(33-2)21(18)34-3)29-12-20(24-14-29)25-23-26-22(17-5-4-7-30(17)27-23)28-8-6-15(11-28)13-31/h4-5,7,9-10,12,14-15,31H,6,8,11,13H2,1-3H3,(H,25,27)/t15-/m0/s1. The van der Waals surface area contributed by atoms with Crippen molar-refractivity contribution in [2.45, 2.75) is 6.42 Å². The van der Waals surface area contributed by atoms with Crippen LogP contribution in [0.3, 0.4) is 0 Å². The van der Waals surface area contributed by atoms with Gasteiger partial charge in [0.25, 0.3) is 0 Å². The first-order chi connectivity index (χ1) is 16.6. The van der Waals surface area contributed by atoms with Crippen molar-refractivity contribution in [2.75, 3.05) is 51.2 Å². The van der Waals surface area contributed by atoms with Gasteiger partial charge in [0.15, 0.2) is 23.1 Å². The molecular formula is C23H27N7O4. The van der Waals surface area contributed by atoms with Gasteiger partial charge in [-0.25, -0.2) is 9.50 Å². The van der Waals surface area contributed by atoms with Crippen LogP contribution in [-0.4, -0.2) is 70.3 Å². The van der Waals surface area contributed by atoms with Gasteiger partial charge in [-0.3, -0.25) is 0 Å². The van der Waals surface area contributed by atoms with Gasteiger partial charge in [0, 0.05) is 43.9 Å². The number of rotatable bonds is 8. The van der Waals surface area contributed by atoms with E-state index in [-0.39, 0.29) is 12.5 Å². The molecule has 178 valence electrons. The summed E-state index contributed by atoms with van der Waals surface area (Å²) < 4.78 is 20.0. The molecule has 1 atom stereocenters. The van der Waals surface area contributed by atoms with E-state index in [0.29, 0.717) is 29.0 Å².